The van der Waals surface area contributed by atoms with E-state index in [4.69, 9.17) is 4.74 Å². The molecule has 0 saturated heterocycles. The Labute approximate surface area is 157 Å². The first kappa shape index (κ1) is 17.0. The van der Waals surface area contributed by atoms with Gasteiger partial charge in [-0.2, -0.15) is 0 Å². The van der Waals surface area contributed by atoms with Gasteiger partial charge in [0.15, 0.2) is 5.78 Å². The second-order valence-corrected chi connectivity index (χ2v) is 6.47. The van der Waals surface area contributed by atoms with Crippen molar-refractivity contribution in [2.75, 3.05) is 0 Å². The van der Waals surface area contributed by atoms with E-state index in [0.717, 1.165) is 11.1 Å². The van der Waals surface area contributed by atoms with Gasteiger partial charge >= 0.3 is 0 Å². The van der Waals surface area contributed by atoms with Gasteiger partial charge in [0.25, 0.3) is 5.60 Å². The highest BCUT2D eigenvalue weighted by Gasteiger charge is 2.50. The van der Waals surface area contributed by atoms with Crippen LogP contribution in [0.5, 0.6) is 5.75 Å². The Kier molecular flexibility index (Phi) is 4.43. The zero-order valence-electron chi connectivity index (χ0n) is 14.7. The molecule has 0 N–H and O–H groups in total. The van der Waals surface area contributed by atoms with Crippen molar-refractivity contribution in [3.63, 3.8) is 0 Å². The molecule has 132 valence electrons. The number of para-hydroxylation sites is 1. The summed E-state index contributed by atoms with van der Waals surface area (Å²) in [7, 11) is 0. The quantitative estimate of drug-likeness (QED) is 0.516. The molecule has 0 aliphatic carbocycles. The minimum absolute atomic E-state index is 0.163. The molecule has 0 radical (unpaired) electrons. The molecule has 0 amide bonds. The Morgan fingerprint density at radius 3 is 2.22 bits per heavy atom. The lowest BCUT2D eigenvalue weighted by atomic mass is 9.80. The summed E-state index contributed by atoms with van der Waals surface area (Å²) in [6.07, 6.45) is 3.31. The Hall–Kier alpha value is -3.46. The molecule has 3 heteroatoms. The molecule has 3 aromatic carbocycles. The van der Waals surface area contributed by atoms with E-state index in [1.807, 2.05) is 66.7 Å². The molecule has 1 aliphatic rings. The van der Waals surface area contributed by atoms with E-state index in [1.165, 1.54) is 6.08 Å². The summed E-state index contributed by atoms with van der Waals surface area (Å²) in [4.78, 5) is 26.4. The number of ether oxygens (including phenoxy) is 1. The number of carbonyl (C=O) groups is 2. The molecule has 27 heavy (non-hydrogen) atoms. The van der Waals surface area contributed by atoms with Crippen molar-refractivity contribution < 1.29 is 14.3 Å². The van der Waals surface area contributed by atoms with Gasteiger partial charge in [-0.3, -0.25) is 9.59 Å². The maximum absolute atomic E-state index is 13.3. The van der Waals surface area contributed by atoms with Gasteiger partial charge in [-0.15, -0.1) is 0 Å². The fourth-order valence-corrected chi connectivity index (χ4v) is 3.34. The van der Waals surface area contributed by atoms with Crippen LogP contribution in [0.4, 0.5) is 0 Å². The molecule has 0 saturated carbocycles. The molecule has 0 fully saturated rings. The van der Waals surface area contributed by atoms with Gasteiger partial charge in [-0.1, -0.05) is 84.9 Å². The summed E-state index contributed by atoms with van der Waals surface area (Å²) in [6, 6.07) is 25.9. The summed E-state index contributed by atoms with van der Waals surface area (Å²) in [5, 5.41) is 0. The third-order valence-electron chi connectivity index (χ3n) is 4.73. The normalized spacial score (nSPS) is 18.7. The van der Waals surface area contributed by atoms with Crippen LogP contribution < -0.4 is 4.74 Å². The van der Waals surface area contributed by atoms with Gasteiger partial charge in [0.1, 0.15) is 5.75 Å². The van der Waals surface area contributed by atoms with Crippen molar-refractivity contribution >= 4 is 17.6 Å². The van der Waals surface area contributed by atoms with Crippen LogP contribution in [0.1, 0.15) is 16.7 Å². The molecule has 1 atom stereocenters. The van der Waals surface area contributed by atoms with Crippen molar-refractivity contribution in [1.82, 2.24) is 0 Å². The molecule has 1 aliphatic heterocycles. The Balaban J connectivity index is 1.80. The van der Waals surface area contributed by atoms with Crippen molar-refractivity contribution in [3.05, 3.63) is 108 Å². The fraction of sp³-hybridized carbons (Fsp3) is 0.0833. The number of carbonyl (C=O) groups excluding carboxylic acids is 2. The maximum atomic E-state index is 13.3. The molecule has 3 aromatic rings. The number of Topliss-reactive ketones (excluding diaryl/α,β-unsaturated/α-hetero) is 1. The first-order valence-electron chi connectivity index (χ1n) is 8.83. The van der Waals surface area contributed by atoms with E-state index >= 15 is 0 Å². The van der Waals surface area contributed by atoms with Crippen molar-refractivity contribution in [3.8, 4) is 5.75 Å². The largest absolute Gasteiger partial charge is 0.466 e. The Morgan fingerprint density at radius 1 is 0.852 bits per heavy atom. The van der Waals surface area contributed by atoms with Crippen LogP contribution in [0, 0.1) is 0 Å². The minimum Gasteiger partial charge on any atom is -0.466 e. The molecule has 0 bridgehead atoms. The van der Waals surface area contributed by atoms with Crippen LogP contribution in [0.3, 0.4) is 0 Å². The maximum Gasteiger partial charge on any atom is 0.253 e. The number of hydrogen-bond acceptors (Lipinski definition) is 3. The number of benzene rings is 3. The number of fused-ring (bicyclic) bond motifs is 1. The van der Waals surface area contributed by atoms with Crippen LogP contribution in [0.25, 0.3) is 6.08 Å². The summed E-state index contributed by atoms with van der Waals surface area (Å²) in [5.74, 6) is -0.0606. The SMILES string of the molecule is O=C(C=Cc1ccccc1)C1(c2ccccc2)Oc2ccccc2CC1=O. The first-order chi connectivity index (χ1) is 13.2. The molecular formula is C24H18O3. The van der Waals surface area contributed by atoms with Gasteiger partial charge in [0, 0.05) is 17.5 Å². The second-order valence-electron chi connectivity index (χ2n) is 6.47. The molecule has 0 spiro atoms. The van der Waals surface area contributed by atoms with E-state index in [2.05, 4.69) is 0 Å². The lowest BCUT2D eigenvalue weighted by molar-refractivity contribution is -0.147. The van der Waals surface area contributed by atoms with E-state index < -0.39 is 5.60 Å². The number of hydrogen-bond donors (Lipinski definition) is 0. The number of ketones is 2. The van der Waals surface area contributed by atoms with Crippen LogP contribution in [-0.4, -0.2) is 11.6 Å². The topological polar surface area (TPSA) is 43.4 Å². The predicted molar refractivity (Wildman–Crippen MR) is 104 cm³/mol. The molecule has 1 heterocycles. The highest BCUT2D eigenvalue weighted by molar-refractivity contribution is 6.17. The average molecular weight is 354 g/mol. The summed E-state index contributed by atoms with van der Waals surface area (Å²) in [6.45, 7) is 0. The van der Waals surface area contributed by atoms with Crippen LogP contribution in [0.15, 0.2) is 91.0 Å². The van der Waals surface area contributed by atoms with E-state index in [1.54, 1.807) is 24.3 Å². The lowest BCUT2D eigenvalue weighted by Crippen LogP contribution is -2.51. The third kappa shape index (κ3) is 3.08. The third-order valence-corrected chi connectivity index (χ3v) is 4.73. The van der Waals surface area contributed by atoms with Crippen LogP contribution in [0.2, 0.25) is 0 Å². The van der Waals surface area contributed by atoms with Gasteiger partial charge in [0.05, 0.1) is 0 Å². The Morgan fingerprint density at radius 2 is 1.48 bits per heavy atom. The number of rotatable bonds is 4. The monoisotopic (exact) mass is 354 g/mol. The van der Waals surface area contributed by atoms with E-state index in [0.29, 0.717) is 11.3 Å². The molecule has 3 nitrogen and oxygen atoms in total. The van der Waals surface area contributed by atoms with Crippen LogP contribution >= 0.6 is 0 Å². The zero-order valence-corrected chi connectivity index (χ0v) is 14.7. The van der Waals surface area contributed by atoms with Gasteiger partial charge in [-0.25, -0.2) is 0 Å². The highest BCUT2D eigenvalue weighted by atomic mass is 16.5. The average Bonchev–Trinajstić information content (AvgIpc) is 2.73. The van der Waals surface area contributed by atoms with Gasteiger partial charge in [0.2, 0.25) is 5.78 Å². The van der Waals surface area contributed by atoms with Crippen LogP contribution in [-0.2, 0) is 21.6 Å². The highest BCUT2D eigenvalue weighted by Crippen LogP contribution is 2.38. The lowest BCUT2D eigenvalue weighted by Gasteiger charge is -2.35. The summed E-state index contributed by atoms with van der Waals surface area (Å²) >= 11 is 0. The van der Waals surface area contributed by atoms with Crippen molar-refractivity contribution in [2.24, 2.45) is 0 Å². The Bertz CT molecular complexity index is 1010. The van der Waals surface area contributed by atoms with Crippen molar-refractivity contribution in [2.45, 2.75) is 12.0 Å². The molecule has 0 aromatic heterocycles. The molecule has 1 unspecified atom stereocenters. The van der Waals surface area contributed by atoms with Gasteiger partial charge in [-0.05, 0) is 17.7 Å². The van der Waals surface area contributed by atoms with Gasteiger partial charge < -0.3 is 4.74 Å². The van der Waals surface area contributed by atoms with E-state index in [-0.39, 0.29) is 18.0 Å². The zero-order chi connectivity index (χ0) is 18.7. The summed E-state index contributed by atoms with van der Waals surface area (Å²) in [5.41, 5.74) is 0.583. The van der Waals surface area contributed by atoms with Crippen molar-refractivity contribution in [1.29, 1.82) is 0 Å². The molecular weight excluding hydrogens is 336 g/mol. The van der Waals surface area contributed by atoms with E-state index in [9.17, 15) is 9.59 Å². The molecule has 4 rings (SSSR count). The summed E-state index contributed by atoms with van der Waals surface area (Å²) < 4.78 is 6.12. The standard InChI is InChI=1S/C24H18O3/c25-22(16-15-18-9-3-1-4-10-18)24(20-12-5-2-6-13-20)23(26)17-19-11-7-8-14-21(19)27-24/h1-16H,17H2. The smallest absolute Gasteiger partial charge is 0.253 e. The predicted octanol–water partition coefficient (Wildman–Crippen LogP) is 4.37. The minimum atomic E-state index is -1.65. The fourth-order valence-electron chi connectivity index (χ4n) is 3.34. The second kappa shape index (κ2) is 7.04. The first-order valence-corrected chi connectivity index (χ1v) is 8.83.